The summed E-state index contributed by atoms with van der Waals surface area (Å²) < 4.78 is 4.81. The van der Waals surface area contributed by atoms with Gasteiger partial charge in [-0.3, -0.25) is 14.5 Å². The fourth-order valence-electron chi connectivity index (χ4n) is 3.71. The molecule has 0 N–H and O–H groups in total. The average Bonchev–Trinajstić information content (AvgIpc) is 2.70. The summed E-state index contributed by atoms with van der Waals surface area (Å²) in [4.78, 5) is 42.3. The molecule has 2 heterocycles. The predicted molar refractivity (Wildman–Crippen MR) is 99.9 cm³/mol. The van der Waals surface area contributed by atoms with Crippen molar-refractivity contribution in [3.63, 3.8) is 0 Å². The molecule has 146 valence electrons. The highest BCUT2D eigenvalue weighted by molar-refractivity contribution is 5.90. The van der Waals surface area contributed by atoms with Gasteiger partial charge >= 0.3 is 6.09 Å². The van der Waals surface area contributed by atoms with E-state index in [1.807, 2.05) is 31.2 Å². The minimum atomic E-state index is -0.525. The van der Waals surface area contributed by atoms with Crippen molar-refractivity contribution in [1.29, 1.82) is 0 Å². The molecule has 0 aliphatic carbocycles. The van der Waals surface area contributed by atoms with Crippen molar-refractivity contribution in [2.45, 2.75) is 38.8 Å². The molecule has 0 spiro atoms. The molecule has 0 unspecified atom stereocenters. The van der Waals surface area contributed by atoms with Crippen LogP contribution < -0.4 is 0 Å². The highest BCUT2D eigenvalue weighted by Crippen LogP contribution is 2.21. The minimum Gasteiger partial charge on any atom is -0.453 e. The number of rotatable bonds is 3. The molecule has 2 fully saturated rings. The number of likely N-dealkylation sites (tertiary alicyclic amines) is 1. The summed E-state index contributed by atoms with van der Waals surface area (Å²) in [5, 5.41) is 0. The van der Waals surface area contributed by atoms with Gasteiger partial charge in [0.05, 0.1) is 13.7 Å². The van der Waals surface area contributed by atoms with Crippen molar-refractivity contribution in [1.82, 2.24) is 14.7 Å². The van der Waals surface area contributed by atoms with E-state index in [9.17, 15) is 14.4 Å². The Morgan fingerprint density at radius 1 is 1.11 bits per heavy atom. The van der Waals surface area contributed by atoms with E-state index in [0.717, 1.165) is 18.4 Å². The summed E-state index contributed by atoms with van der Waals surface area (Å²) in [6, 6.07) is 7.59. The zero-order valence-corrected chi connectivity index (χ0v) is 16.0. The Labute approximate surface area is 159 Å². The Kier molecular flexibility index (Phi) is 5.98. The van der Waals surface area contributed by atoms with Gasteiger partial charge in [0.2, 0.25) is 11.8 Å². The first-order chi connectivity index (χ1) is 13.0. The van der Waals surface area contributed by atoms with Crippen LogP contribution >= 0.6 is 0 Å². The number of hydrogen-bond acceptors (Lipinski definition) is 4. The topological polar surface area (TPSA) is 70.2 Å². The van der Waals surface area contributed by atoms with Gasteiger partial charge in [0.25, 0.3) is 0 Å². The Hall–Kier alpha value is -2.57. The Bertz CT molecular complexity index is 704. The van der Waals surface area contributed by atoms with Crippen LogP contribution in [0.4, 0.5) is 4.79 Å². The van der Waals surface area contributed by atoms with Crippen LogP contribution in [0.3, 0.4) is 0 Å². The molecule has 3 amide bonds. The summed E-state index contributed by atoms with van der Waals surface area (Å²) >= 11 is 0. The first kappa shape index (κ1) is 19.2. The number of aryl methyl sites for hydroxylation is 1. The van der Waals surface area contributed by atoms with Crippen molar-refractivity contribution >= 4 is 17.9 Å². The number of amides is 3. The standard InChI is InChI=1S/C20H27N3O4/c1-15-6-8-16(9-7-15)13-21-11-12-22(14-18(21)24)19(25)17-5-3-4-10-23(17)20(26)27-2/h6-9,17H,3-5,10-14H2,1-2H3/t17-/m1/s1. The molecule has 27 heavy (non-hydrogen) atoms. The zero-order chi connectivity index (χ0) is 19.4. The lowest BCUT2D eigenvalue weighted by atomic mass is 10.0. The van der Waals surface area contributed by atoms with E-state index in [-0.39, 0.29) is 18.4 Å². The van der Waals surface area contributed by atoms with E-state index in [4.69, 9.17) is 4.74 Å². The van der Waals surface area contributed by atoms with Crippen molar-refractivity contribution in [3.05, 3.63) is 35.4 Å². The van der Waals surface area contributed by atoms with Gasteiger partial charge in [0.15, 0.2) is 0 Å². The smallest absolute Gasteiger partial charge is 0.410 e. The zero-order valence-electron chi connectivity index (χ0n) is 16.0. The van der Waals surface area contributed by atoms with Crippen molar-refractivity contribution < 1.29 is 19.1 Å². The highest BCUT2D eigenvalue weighted by atomic mass is 16.5. The first-order valence-corrected chi connectivity index (χ1v) is 9.46. The summed E-state index contributed by atoms with van der Waals surface area (Å²) in [5.41, 5.74) is 2.26. The van der Waals surface area contributed by atoms with Crippen LogP contribution in [-0.2, 0) is 20.9 Å². The minimum absolute atomic E-state index is 0.0596. The number of carbonyl (C=O) groups is 3. The maximum Gasteiger partial charge on any atom is 0.410 e. The molecule has 7 nitrogen and oxygen atoms in total. The normalized spacial score (nSPS) is 20.6. The summed E-state index contributed by atoms with van der Waals surface area (Å²) in [5.74, 6) is -0.209. The molecule has 0 radical (unpaired) electrons. The fourth-order valence-corrected chi connectivity index (χ4v) is 3.71. The highest BCUT2D eigenvalue weighted by Gasteiger charge is 2.37. The van der Waals surface area contributed by atoms with Crippen LogP contribution in [0.1, 0.15) is 30.4 Å². The quantitative estimate of drug-likeness (QED) is 0.810. The van der Waals surface area contributed by atoms with Crippen LogP contribution in [0.25, 0.3) is 0 Å². The second-order valence-electron chi connectivity index (χ2n) is 7.24. The fraction of sp³-hybridized carbons (Fsp3) is 0.550. The van der Waals surface area contributed by atoms with Gasteiger partial charge in [-0.1, -0.05) is 29.8 Å². The predicted octanol–water partition coefficient (Wildman–Crippen LogP) is 1.79. The lowest BCUT2D eigenvalue weighted by molar-refractivity contribution is -0.149. The number of ether oxygens (including phenoxy) is 1. The lowest BCUT2D eigenvalue weighted by Crippen LogP contribution is -2.58. The van der Waals surface area contributed by atoms with E-state index in [1.165, 1.54) is 17.6 Å². The summed E-state index contributed by atoms with van der Waals surface area (Å²) in [6.45, 7) is 4.16. The Morgan fingerprint density at radius 3 is 2.52 bits per heavy atom. The molecule has 7 heteroatoms. The third-order valence-corrected chi connectivity index (χ3v) is 5.32. The molecule has 1 aromatic carbocycles. The van der Waals surface area contributed by atoms with Gasteiger partial charge < -0.3 is 14.5 Å². The summed E-state index contributed by atoms with van der Waals surface area (Å²) in [7, 11) is 1.33. The van der Waals surface area contributed by atoms with Crippen LogP contribution in [-0.4, -0.2) is 71.9 Å². The molecule has 1 atom stereocenters. The third-order valence-electron chi connectivity index (χ3n) is 5.32. The van der Waals surface area contributed by atoms with E-state index in [2.05, 4.69) is 0 Å². The van der Waals surface area contributed by atoms with E-state index < -0.39 is 12.1 Å². The molecule has 2 aliphatic heterocycles. The van der Waals surface area contributed by atoms with Crippen LogP contribution in [0.2, 0.25) is 0 Å². The third kappa shape index (κ3) is 4.40. The SMILES string of the molecule is COC(=O)N1CCCC[C@@H]1C(=O)N1CCN(Cc2ccc(C)cc2)C(=O)C1. The van der Waals surface area contributed by atoms with Crippen LogP contribution in [0, 0.1) is 6.92 Å². The Balaban J connectivity index is 1.61. The molecule has 0 bridgehead atoms. The van der Waals surface area contributed by atoms with Gasteiger partial charge in [0.1, 0.15) is 6.04 Å². The Morgan fingerprint density at radius 2 is 1.85 bits per heavy atom. The number of nitrogens with zero attached hydrogens (tertiary/aromatic N) is 3. The van der Waals surface area contributed by atoms with Gasteiger partial charge in [-0.2, -0.15) is 0 Å². The lowest BCUT2D eigenvalue weighted by Gasteiger charge is -2.39. The molecule has 0 saturated carbocycles. The van der Waals surface area contributed by atoms with Crippen molar-refractivity contribution in [3.8, 4) is 0 Å². The molecule has 1 aromatic rings. The maximum absolute atomic E-state index is 12.9. The second-order valence-corrected chi connectivity index (χ2v) is 7.24. The van der Waals surface area contributed by atoms with E-state index >= 15 is 0 Å². The van der Waals surface area contributed by atoms with Crippen LogP contribution in [0.5, 0.6) is 0 Å². The average molecular weight is 373 g/mol. The molecule has 2 saturated heterocycles. The van der Waals surface area contributed by atoms with E-state index in [1.54, 1.807) is 9.80 Å². The first-order valence-electron chi connectivity index (χ1n) is 9.46. The van der Waals surface area contributed by atoms with Gasteiger partial charge in [-0.25, -0.2) is 4.79 Å². The maximum atomic E-state index is 12.9. The van der Waals surface area contributed by atoms with Gasteiger partial charge in [0, 0.05) is 26.2 Å². The number of piperazine rings is 1. The van der Waals surface area contributed by atoms with Crippen LogP contribution in [0.15, 0.2) is 24.3 Å². The molecular formula is C20H27N3O4. The number of carbonyl (C=O) groups excluding carboxylic acids is 3. The molecule has 2 aliphatic rings. The van der Waals surface area contributed by atoms with Gasteiger partial charge in [-0.15, -0.1) is 0 Å². The number of methoxy groups -OCH3 is 1. The van der Waals surface area contributed by atoms with Crippen molar-refractivity contribution in [2.75, 3.05) is 33.3 Å². The van der Waals surface area contributed by atoms with Crippen molar-refractivity contribution in [2.24, 2.45) is 0 Å². The number of hydrogen-bond donors (Lipinski definition) is 0. The molecule has 3 rings (SSSR count). The largest absolute Gasteiger partial charge is 0.453 e. The number of benzene rings is 1. The summed E-state index contributed by atoms with van der Waals surface area (Å²) in [6.07, 6.45) is 1.90. The second kappa shape index (κ2) is 8.41. The number of piperidine rings is 1. The monoisotopic (exact) mass is 373 g/mol. The molecular weight excluding hydrogens is 346 g/mol. The van der Waals surface area contributed by atoms with E-state index in [0.29, 0.717) is 32.6 Å². The molecule has 0 aromatic heterocycles. The van der Waals surface area contributed by atoms with Gasteiger partial charge in [-0.05, 0) is 31.7 Å².